The van der Waals surface area contributed by atoms with Crippen LogP contribution in [-0.4, -0.2) is 33.8 Å². The van der Waals surface area contributed by atoms with Gasteiger partial charge in [-0.25, -0.2) is 9.59 Å². The van der Waals surface area contributed by atoms with Gasteiger partial charge in [0.1, 0.15) is 23.7 Å². The number of urea groups is 1. The first kappa shape index (κ1) is 21.6. The first-order chi connectivity index (χ1) is 15.9. The molecule has 166 valence electrons. The zero-order valence-corrected chi connectivity index (χ0v) is 17.2. The van der Waals surface area contributed by atoms with Crippen LogP contribution in [-0.2, 0) is 22.7 Å². The fourth-order valence-corrected chi connectivity index (χ4v) is 3.24. The zero-order chi connectivity index (χ0) is 23.4. The summed E-state index contributed by atoms with van der Waals surface area (Å²) >= 11 is 0. The predicted molar refractivity (Wildman–Crippen MR) is 115 cm³/mol. The summed E-state index contributed by atoms with van der Waals surface area (Å²) in [6, 6.07) is 15.5. The lowest BCUT2D eigenvalue weighted by Crippen LogP contribution is -2.53. The highest BCUT2D eigenvalue weighted by atomic mass is 16.5. The molecule has 2 aromatic carbocycles. The highest BCUT2D eigenvalue weighted by molar-refractivity contribution is 6.31. The number of para-hydroxylation sites is 1. The number of carboxylic acids is 1. The minimum atomic E-state index is -1.04. The fraction of sp³-hybridized carbons (Fsp3) is 0.0833. The molecule has 1 aromatic heterocycles. The van der Waals surface area contributed by atoms with E-state index in [9.17, 15) is 19.2 Å². The number of nitrogens with zero attached hydrogens (tertiary/aromatic N) is 1. The number of hydrogen-bond acceptors (Lipinski definition) is 6. The molecule has 1 saturated heterocycles. The molecular weight excluding hydrogens is 428 g/mol. The minimum Gasteiger partial charge on any atom is -0.488 e. The maximum absolute atomic E-state index is 12.9. The standard InChI is InChI=1S/C24H18N2O7/c27-21-19(22(28)26(24(31)25-21)13-18-8-4-10-32-18)12-16-6-1-2-9-20(16)33-14-15-5-3-7-17(11-15)23(29)30/h1-12H,13-14H2,(H,29,30)(H,25,27,31)/b19-12+. The second-order valence-electron chi connectivity index (χ2n) is 7.12. The Balaban J connectivity index is 1.57. The molecule has 2 N–H and O–H groups in total. The van der Waals surface area contributed by atoms with Crippen LogP contribution in [0.2, 0.25) is 0 Å². The Bertz CT molecular complexity index is 1260. The number of furan rings is 1. The van der Waals surface area contributed by atoms with Crippen LogP contribution < -0.4 is 10.1 Å². The monoisotopic (exact) mass is 446 g/mol. The van der Waals surface area contributed by atoms with Crippen molar-refractivity contribution in [3.05, 3.63) is 95.0 Å². The Labute approximate surface area is 187 Å². The van der Waals surface area contributed by atoms with Gasteiger partial charge in [0.05, 0.1) is 18.4 Å². The molecule has 0 radical (unpaired) electrons. The van der Waals surface area contributed by atoms with Gasteiger partial charge in [0, 0.05) is 5.56 Å². The first-order valence-corrected chi connectivity index (χ1v) is 9.87. The lowest BCUT2D eigenvalue weighted by Gasteiger charge is -2.25. The number of barbiturate groups is 1. The average Bonchev–Trinajstić information content (AvgIpc) is 3.32. The second kappa shape index (κ2) is 9.23. The van der Waals surface area contributed by atoms with Gasteiger partial charge in [-0.3, -0.25) is 19.8 Å². The molecule has 1 aliphatic heterocycles. The van der Waals surface area contributed by atoms with E-state index in [1.165, 1.54) is 24.5 Å². The Morgan fingerprint density at radius 1 is 1.06 bits per heavy atom. The Hall–Kier alpha value is -4.66. The maximum Gasteiger partial charge on any atom is 0.335 e. The number of nitrogens with one attached hydrogen (secondary N) is 1. The molecule has 0 spiro atoms. The lowest BCUT2D eigenvalue weighted by atomic mass is 10.1. The highest BCUT2D eigenvalue weighted by Crippen LogP contribution is 2.24. The SMILES string of the molecule is O=C1NC(=O)N(Cc2ccco2)C(=O)/C1=C/c1ccccc1OCc1cccc(C(=O)O)c1. The summed E-state index contributed by atoms with van der Waals surface area (Å²) in [4.78, 5) is 49.5. The summed E-state index contributed by atoms with van der Waals surface area (Å²) in [5.74, 6) is -1.86. The van der Waals surface area contributed by atoms with E-state index in [2.05, 4.69) is 5.32 Å². The molecule has 0 unspecified atom stereocenters. The average molecular weight is 446 g/mol. The normalized spacial score (nSPS) is 15.0. The van der Waals surface area contributed by atoms with Gasteiger partial charge in [0.25, 0.3) is 11.8 Å². The number of benzene rings is 2. The van der Waals surface area contributed by atoms with Gasteiger partial charge < -0.3 is 14.3 Å². The molecule has 1 aliphatic rings. The number of ether oxygens (including phenoxy) is 1. The molecule has 9 nitrogen and oxygen atoms in total. The van der Waals surface area contributed by atoms with Crippen LogP contribution in [0.4, 0.5) is 4.79 Å². The molecule has 1 fully saturated rings. The van der Waals surface area contributed by atoms with E-state index in [1.54, 1.807) is 48.5 Å². The van der Waals surface area contributed by atoms with Crippen molar-refractivity contribution in [2.45, 2.75) is 13.2 Å². The van der Waals surface area contributed by atoms with Crippen molar-refractivity contribution < 1.29 is 33.4 Å². The number of rotatable bonds is 7. The van der Waals surface area contributed by atoms with E-state index < -0.39 is 23.8 Å². The van der Waals surface area contributed by atoms with E-state index in [0.717, 1.165) is 4.90 Å². The molecule has 33 heavy (non-hydrogen) atoms. The predicted octanol–water partition coefficient (Wildman–Crippen LogP) is 3.22. The quantitative estimate of drug-likeness (QED) is 0.421. The molecule has 9 heteroatoms. The van der Waals surface area contributed by atoms with Crippen molar-refractivity contribution in [2.75, 3.05) is 0 Å². The number of amides is 4. The maximum atomic E-state index is 12.9. The molecule has 3 aromatic rings. The van der Waals surface area contributed by atoms with Crippen molar-refractivity contribution in [3.63, 3.8) is 0 Å². The molecule has 0 aliphatic carbocycles. The molecule has 0 atom stereocenters. The number of carboxylic acid groups (broad SMARTS) is 1. The van der Waals surface area contributed by atoms with Crippen molar-refractivity contribution in [1.82, 2.24) is 10.2 Å². The largest absolute Gasteiger partial charge is 0.488 e. The molecule has 0 bridgehead atoms. The van der Waals surface area contributed by atoms with Crippen LogP contribution in [0, 0.1) is 0 Å². The third kappa shape index (κ3) is 4.82. The fourth-order valence-electron chi connectivity index (χ4n) is 3.24. The van der Waals surface area contributed by atoms with E-state index in [1.807, 2.05) is 0 Å². The number of imide groups is 2. The van der Waals surface area contributed by atoms with Gasteiger partial charge in [-0.15, -0.1) is 0 Å². The molecule has 4 amide bonds. The third-order valence-electron chi connectivity index (χ3n) is 4.87. The Morgan fingerprint density at radius 2 is 1.88 bits per heavy atom. The topological polar surface area (TPSA) is 126 Å². The van der Waals surface area contributed by atoms with Gasteiger partial charge >= 0.3 is 12.0 Å². The summed E-state index contributed by atoms with van der Waals surface area (Å²) < 4.78 is 11.0. The van der Waals surface area contributed by atoms with Crippen LogP contribution in [0.1, 0.15) is 27.2 Å². The molecule has 2 heterocycles. The molecule has 4 rings (SSSR count). The van der Waals surface area contributed by atoms with E-state index in [4.69, 9.17) is 14.3 Å². The van der Waals surface area contributed by atoms with Crippen molar-refractivity contribution in [2.24, 2.45) is 0 Å². The first-order valence-electron chi connectivity index (χ1n) is 9.87. The van der Waals surface area contributed by atoms with Crippen molar-refractivity contribution in [3.8, 4) is 5.75 Å². The van der Waals surface area contributed by atoms with Crippen LogP contribution in [0.15, 0.2) is 76.9 Å². The minimum absolute atomic E-state index is 0.0740. The Kier molecular flexibility index (Phi) is 6.03. The van der Waals surface area contributed by atoms with Crippen LogP contribution >= 0.6 is 0 Å². The van der Waals surface area contributed by atoms with E-state index in [0.29, 0.717) is 22.6 Å². The highest BCUT2D eigenvalue weighted by Gasteiger charge is 2.36. The molecular formula is C24H18N2O7. The third-order valence-corrected chi connectivity index (χ3v) is 4.87. The summed E-state index contributed by atoms with van der Waals surface area (Å²) in [5.41, 5.74) is 0.985. The van der Waals surface area contributed by atoms with Crippen LogP contribution in [0.25, 0.3) is 6.08 Å². The number of carbonyl (C=O) groups excluding carboxylic acids is 3. The summed E-state index contributed by atoms with van der Waals surface area (Å²) in [7, 11) is 0. The molecule has 0 saturated carbocycles. The second-order valence-corrected chi connectivity index (χ2v) is 7.12. The van der Waals surface area contributed by atoms with Gasteiger partial charge in [-0.2, -0.15) is 0 Å². The number of hydrogen-bond donors (Lipinski definition) is 2. The van der Waals surface area contributed by atoms with Gasteiger partial charge in [-0.05, 0) is 42.0 Å². The van der Waals surface area contributed by atoms with E-state index in [-0.39, 0.29) is 24.3 Å². The number of carbonyl (C=O) groups is 4. The summed E-state index contributed by atoms with van der Waals surface area (Å²) in [6.07, 6.45) is 2.77. The van der Waals surface area contributed by atoms with Gasteiger partial charge in [-0.1, -0.05) is 30.3 Å². The van der Waals surface area contributed by atoms with E-state index >= 15 is 0 Å². The van der Waals surface area contributed by atoms with Gasteiger partial charge in [0.2, 0.25) is 0 Å². The van der Waals surface area contributed by atoms with Crippen molar-refractivity contribution >= 4 is 29.9 Å². The zero-order valence-electron chi connectivity index (χ0n) is 17.2. The van der Waals surface area contributed by atoms with Crippen LogP contribution in [0.3, 0.4) is 0 Å². The van der Waals surface area contributed by atoms with Crippen molar-refractivity contribution in [1.29, 1.82) is 0 Å². The lowest BCUT2D eigenvalue weighted by molar-refractivity contribution is -0.130. The number of aromatic carboxylic acids is 1. The summed E-state index contributed by atoms with van der Waals surface area (Å²) in [5, 5.41) is 11.3. The Morgan fingerprint density at radius 3 is 2.64 bits per heavy atom. The summed E-state index contributed by atoms with van der Waals surface area (Å²) in [6.45, 7) is -0.0507. The van der Waals surface area contributed by atoms with Crippen LogP contribution in [0.5, 0.6) is 5.75 Å². The smallest absolute Gasteiger partial charge is 0.335 e. The van der Waals surface area contributed by atoms with Gasteiger partial charge in [0.15, 0.2) is 0 Å².